The van der Waals surface area contributed by atoms with Crippen molar-refractivity contribution in [3.05, 3.63) is 35.4 Å². The molecule has 0 heterocycles. The topological polar surface area (TPSA) is 12.0 Å². The smallest absolute Gasteiger partial charge is 0.129 e. The van der Waals surface area contributed by atoms with Crippen molar-refractivity contribution < 1.29 is 8.78 Å². The Balaban J connectivity index is 2.70. The number of hydrogen-bond donors (Lipinski definition) is 1. The van der Waals surface area contributed by atoms with E-state index in [2.05, 4.69) is 5.32 Å². The first kappa shape index (κ1) is 12.5. The fourth-order valence-electron chi connectivity index (χ4n) is 1.40. The first-order chi connectivity index (χ1) is 7.17. The van der Waals surface area contributed by atoms with Crippen LogP contribution in [0.1, 0.15) is 5.56 Å². The largest absolute Gasteiger partial charge is 0.316 e. The molecule has 0 aliphatic heterocycles. The zero-order chi connectivity index (χ0) is 11.3. The van der Waals surface area contributed by atoms with Crippen LogP contribution in [-0.2, 0) is 6.42 Å². The van der Waals surface area contributed by atoms with Crippen molar-refractivity contribution in [2.75, 3.05) is 19.1 Å². The van der Waals surface area contributed by atoms with Gasteiger partial charge in [0, 0.05) is 17.9 Å². The summed E-state index contributed by atoms with van der Waals surface area (Å²) in [5, 5.41) is 3.11. The third-order valence-corrected chi connectivity index (χ3v) is 2.99. The van der Waals surface area contributed by atoms with Crippen LogP contribution >= 0.6 is 11.8 Å². The zero-order valence-electron chi connectivity index (χ0n) is 8.89. The minimum Gasteiger partial charge on any atom is -0.316 e. The number of nitrogens with one attached hydrogen (secondary N) is 1. The Bertz CT molecular complexity index is 317. The van der Waals surface area contributed by atoms with Gasteiger partial charge in [0.2, 0.25) is 0 Å². The van der Waals surface area contributed by atoms with Crippen LogP contribution in [0.4, 0.5) is 8.78 Å². The summed E-state index contributed by atoms with van der Waals surface area (Å²) < 4.78 is 26.0. The molecule has 0 spiro atoms. The van der Waals surface area contributed by atoms with Crippen molar-refractivity contribution in [3.63, 3.8) is 0 Å². The van der Waals surface area contributed by atoms with E-state index in [1.807, 2.05) is 13.3 Å². The normalized spacial score (nSPS) is 12.8. The van der Waals surface area contributed by atoms with Crippen molar-refractivity contribution in [1.82, 2.24) is 5.32 Å². The van der Waals surface area contributed by atoms with Crippen LogP contribution in [-0.4, -0.2) is 25.1 Å². The second-order valence-corrected chi connectivity index (χ2v) is 4.29. The second kappa shape index (κ2) is 6.08. The summed E-state index contributed by atoms with van der Waals surface area (Å²) >= 11 is 1.70. The molecule has 1 nitrogen and oxygen atoms in total. The lowest BCUT2D eigenvalue weighted by Gasteiger charge is -2.15. The molecular formula is C11H15F2NS. The van der Waals surface area contributed by atoms with E-state index in [-0.39, 0.29) is 6.04 Å². The lowest BCUT2D eigenvalue weighted by Crippen LogP contribution is -2.30. The van der Waals surface area contributed by atoms with Crippen LogP contribution in [0, 0.1) is 11.6 Å². The predicted octanol–water partition coefficient (Wildman–Crippen LogP) is 2.46. The van der Waals surface area contributed by atoms with Crippen LogP contribution in [0.5, 0.6) is 0 Å². The summed E-state index contributed by atoms with van der Waals surface area (Å²) in [5.74, 6) is -0.0775. The van der Waals surface area contributed by atoms with Gasteiger partial charge in [-0.1, -0.05) is 6.07 Å². The molecule has 1 aromatic rings. The zero-order valence-corrected chi connectivity index (χ0v) is 9.70. The molecular weight excluding hydrogens is 216 g/mol. The highest BCUT2D eigenvalue weighted by Crippen LogP contribution is 2.13. The number of benzene rings is 1. The molecule has 0 saturated heterocycles. The van der Waals surface area contributed by atoms with Gasteiger partial charge in [-0.05, 0) is 31.4 Å². The van der Waals surface area contributed by atoms with Crippen LogP contribution in [0.25, 0.3) is 0 Å². The van der Waals surface area contributed by atoms with Gasteiger partial charge >= 0.3 is 0 Å². The van der Waals surface area contributed by atoms with Gasteiger partial charge in [-0.15, -0.1) is 0 Å². The summed E-state index contributed by atoms with van der Waals surface area (Å²) in [7, 11) is 1.85. The minimum absolute atomic E-state index is 0.222. The molecule has 0 aliphatic rings. The molecule has 4 heteroatoms. The molecule has 0 fully saturated rings. The first-order valence-corrected chi connectivity index (χ1v) is 6.17. The van der Waals surface area contributed by atoms with Crippen molar-refractivity contribution >= 4 is 11.8 Å². The molecule has 1 atom stereocenters. The average Bonchev–Trinajstić information content (AvgIpc) is 2.21. The Morgan fingerprint density at radius 1 is 1.40 bits per heavy atom. The van der Waals surface area contributed by atoms with Gasteiger partial charge in [0.1, 0.15) is 11.6 Å². The van der Waals surface area contributed by atoms with E-state index in [1.165, 1.54) is 12.1 Å². The summed E-state index contributed by atoms with van der Waals surface area (Å²) in [6.07, 6.45) is 2.59. The van der Waals surface area contributed by atoms with Gasteiger partial charge in [0.05, 0.1) is 0 Å². The van der Waals surface area contributed by atoms with Gasteiger partial charge in [0.25, 0.3) is 0 Å². The van der Waals surface area contributed by atoms with E-state index >= 15 is 0 Å². The van der Waals surface area contributed by atoms with Crippen LogP contribution in [0.3, 0.4) is 0 Å². The summed E-state index contributed by atoms with van der Waals surface area (Å²) in [5.41, 5.74) is 0.560. The Labute approximate surface area is 93.3 Å². The quantitative estimate of drug-likeness (QED) is 0.835. The lowest BCUT2D eigenvalue weighted by atomic mass is 10.1. The number of hydrogen-bond acceptors (Lipinski definition) is 2. The molecule has 0 amide bonds. The fraction of sp³-hybridized carbons (Fsp3) is 0.455. The Kier molecular flexibility index (Phi) is 5.05. The molecule has 15 heavy (non-hydrogen) atoms. The van der Waals surface area contributed by atoms with E-state index in [0.29, 0.717) is 12.0 Å². The molecule has 1 unspecified atom stereocenters. The van der Waals surface area contributed by atoms with Crippen molar-refractivity contribution in [1.29, 1.82) is 0 Å². The van der Waals surface area contributed by atoms with Gasteiger partial charge in [-0.3, -0.25) is 0 Å². The first-order valence-electron chi connectivity index (χ1n) is 4.77. The Hall–Kier alpha value is -0.610. The Morgan fingerprint density at radius 2 is 2.13 bits per heavy atom. The molecule has 1 N–H and O–H groups in total. The van der Waals surface area contributed by atoms with Crippen LogP contribution < -0.4 is 5.32 Å². The van der Waals surface area contributed by atoms with Crippen molar-refractivity contribution in [3.8, 4) is 0 Å². The van der Waals surface area contributed by atoms with E-state index in [4.69, 9.17) is 0 Å². The van der Waals surface area contributed by atoms with E-state index < -0.39 is 11.6 Å². The van der Waals surface area contributed by atoms with E-state index in [1.54, 1.807) is 11.8 Å². The molecule has 0 bridgehead atoms. The van der Waals surface area contributed by atoms with Crippen LogP contribution in [0.15, 0.2) is 18.2 Å². The highest BCUT2D eigenvalue weighted by Gasteiger charge is 2.10. The maximum atomic E-state index is 13.3. The number of rotatable bonds is 5. The lowest BCUT2D eigenvalue weighted by molar-refractivity contribution is 0.550. The number of likely N-dealkylation sites (N-methyl/N-ethyl adjacent to an activating group) is 1. The molecule has 1 rings (SSSR count). The average molecular weight is 231 g/mol. The second-order valence-electron chi connectivity index (χ2n) is 3.38. The number of halogens is 2. The van der Waals surface area contributed by atoms with E-state index in [9.17, 15) is 8.78 Å². The van der Waals surface area contributed by atoms with Crippen molar-refractivity contribution in [2.45, 2.75) is 12.5 Å². The standard InChI is InChI=1S/C11H15F2NS/c1-14-10(7-15-2)5-8-3-4-9(12)6-11(8)13/h3-4,6,10,14H,5,7H2,1-2H3. The minimum atomic E-state index is -0.526. The van der Waals surface area contributed by atoms with Gasteiger partial charge < -0.3 is 5.32 Å². The Morgan fingerprint density at radius 3 is 2.67 bits per heavy atom. The third-order valence-electron chi connectivity index (χ3n) is 2.26. The monoisotopic (exact) mass is 231 g/mol. The molecule has 0 aromatic heterocycles. The summed E-state index contributed by atoms with van der Waals surface area (Å²) in [6.45, 7) is 0. The number of thioether (sulfide) groups is 1. The van der Waals surface area contributed by atoms with Gasteiger partial charge in [0.15, 0.2) is 0 Å². The van der Waals surface area contributed by atoms with Gasteiger partial charge in [-0.2, -0.15) is 11.8 Å². The third kappa shape index (κ3) is 3.80. The SMILES string of the molecule is CNC(CSC)Cc1ccc(F)cc1F. The highest BCUT2D eigenvalue weighted by atomic mass is 32.2. The van der Waals surface area contributed by atoms with Gasteiger partial charge in [-0.25, -0.2) is 8.78 Å². The van der Waals surface area contributed by atoms with Crippen molar-refractivity contribution in [2.24, 2.45) is 0 Å². The molecule has 84 valence electrons. The van der Waals surface area contributed by atoms with Crippen LogP contribution in [0.2, 0.25) is 0 Å². The van der Waals surface area contributed by atoms with E-state index in [0.717, 1.165) is 11.8 Å². The highest BCUT2D eigenvalue weighted by molar-refractivity contribution is 7.98. The molecule has 0 saturated carbocycles. The fourth-order valence-corrected chi connectivity index (χ4v) is 2.09. The molecule has 0 radical (unpaired) electrons. The maximum Gasteiger partial charge on any atom is 0.129 e. The summed E-state index contributed by atoms with van der Waals surface area (Å²) in [4.78, 5) is 0. The predicted molar refractivity (Wildman–Crippen MR) is 61.3 cm³/mol. The maximum absolute atomic E-state index is 13.3. The summed E-state index contributed by atoms with van der Waals surface area (Å²) in [6, 6.07) is 3.96. The molecule has 0 aliphatic carbocycles. The molecule has 1 aromatic carbocycles.